The molecule has 0 amide bonds. The molecule has 154 valence electrons. The third kappa shape index (κ3) is 3.35. The number of anilines is 3. The van der Waals surface area contributed by atoms with Crippen LogP contribution < -0.4 is 10.2 Å². The number of nitro groups is 1. The van der Waals surface area contributed by atoms with Gasteiger partial charge in [-0.15, -0.1) is 0 Å². The molecule has 1 aliphatic carbocycles. The smallest absolute Gasteiger partial charge is 0.329 e. The van der Waals surface area contributed by atoms with Crippen LogP contribution in [0.15, 0.2) is 30.5 Å². The number of rotatable bonds is 6. The maximum absolute atomic E-state index is 12.9. The topological polar surface area (TPSA) is 126 Å². The Balaban J connectivity index is 1.59. The molecule has 2 fully saturated rings. The number of para-hydroxylation sites is 1. The number of hydrogen-bond donors (Lipinski definition) is 2. The van der Waals surface area contributed by atoms with Crippen molar-refractivity contribution in [2.24, 2.45) is 5.92 Å². The molecule has 0 unspecified atom stereocenters. The predicted octanol–water partition coefficient (Wildman–Crippen LogP) is 3.04. The minimum atomic E-state index is -0.525. The number of aromatic amines is 1. The number of ether oxygens (including phenoxy) is 1. The van der Waals surface area contributed by atoms with Gasteiger partial charge in [-0.2, -0.15) is 4.98 Å². The Morgan fingerprint density at radius 2 is 2.03 bits per heavy atom. The summed E-state index contributed by atoms with van der Waals surface area (Å²) in [5.41, 5.74) is 1.48. The van der Waals surface area contributed by atoms with Crippen molar-refractivity contribution in [3.05, 3.63) is 46.3 Å². The van der Waals surface area contributed by atoms with Crippen molar-refractivity contribution in [3.8, 4) is 0 Å². The molecule has 0 radical (unpaired) electrons. The number of ketones is 1. The Morgan fingerprint density at radius 3 is 2.77 bits per heavy atom. The molecule has 0 atom stereocenters. The quantitative estimate of drug-likeness (QED) is 0.362. The molecule has 2 aromatic heterocycles. The highest BCUT2D eigenvalue weighted by Crippen LogP contribution is 2.39. The van der Waals surface area contributed by atoms with E-state index in [0.29, 0.717) is 43.6 Å². The zero-order valence-electron chi connectivity index (χ0n) is 16.1. The second-order valence-electron chi connectivity index (χ2n) is 7.44. The van der Waals surface area contributed by atoms with E-state index >= 15 is 0 Å². The predicted molar refractivity (Wildman–Crippen MR) is 110 cm³/mol. The number of carbonyl (C=O) groups excluding carboxylic acids is 1. The van der Waals surface area contributed by atoms with Gasteiger partial charge < -0.3 is 19.9 Å². The molecule has 10 heteroatoms. The van der Waals surface area contributed by atoms with Crippen LogP contribution in [0.3, 0.4) is 0 Å². The minimum absolute atomic E-state index is 0.00269. The van der Waals surface area contributed by atoms with Gasteiger partial charge in [0.1, 0.15) is 11.9 Å². The number of aromatic nitrogens is 3. The van der Waals surface area contributed by atoms with Crippen molar-refractivity contribution in [2.45, 2.75) is 12.8 Å². The fourth-order valence-corrected chi connectivity index (χ4v) is 3.63. The van der Waals surface area contributed by atoms with Gasteiger partial charge in [-0.1, -0.05) is 18.2 Å². The molecule has 3 heterocycles. The Kier molecular flexibility index (Phi) is 4.55. The Bertz CT molecular complexity index is 1130. The first-order chi connectivity index (χ1) is 14.6. The number of nitrogens with zero attached hydrogens (tertiary/aromatic N) is 4. The van der Waals surface area contributed by atoms with Gasteiger partial charge in [-0.05, 0) is 18.9 Å². The lowest BCUT2D eigenvalue weighted by Gasteiger charge is -2.26. The fourth-order valence-electron chi connectivity index (χ4n) is 3.63. The summed E-state index contributed by atoms with van der Waals surface area (Å²) in [5.74, 6) is 0.467. The van der Waals surface area contributed by atoms with Gasteiger partial charge in [0.15, 0.2) is 5.78 Å². The highest BCUT2D eigenvalue weighted by Gasteiger charge is 2.34. The summed E-state index contributed by atoms with van der Waals surface area (Å²) in [5, 5.41) is 15.5. The average molecular weight is 408 g/mol. The van der Waals surface area contributed by atoms with E-state index in [9.17, 15) is 14.9 Å². The van der Waals surface area contributed by atoms with Gasteiger partial charge >= 0.3 is 5.69 Å². The Morgan fingerprint density at radius 1 is 1.27 bits per heavy atom. The summed E-state index contributed by atoms with van der Waals surface area (Å²) in [4.78, 5) is 37.7. The number of benzene rings is 1. The number of Topliss-reactive ketones (excluding diaryl/α,β-unsaturated/α-hetero) is 1. The van der Waals surface area contributed by atoms with Crippen LogP contribution in [0.1, 0.15) is 23.3 Å². The number of fused-ring (bicyclic) bond motifs is 1. The minimum Gasteiger partial charge on any atom is -0.378 e. The summed E-state index contributed by atoms with van der Waals surface area (Å²) in [6.45, 7) is 2.31. The van der Waals surface area contributed by atoms with Crippen LogP contribution in [0.5, 0.6) is 0 Å². The first-order valence-electron chi connectivity index (χ1n) is 9.88. The van der Waals surface area contributed by atoms with Gasteiger partial charge in [0.2, 0.25) is 11.8 Å². The highest BCUT2D eigenvalue weighted by atomic mass is 16.6. The summed E-state index contributed by atoms with van der Waals surface area (Å²) in [6.07, 6.45) is 2.93. The molecule has 30 heavy (non-hydrogen) atoms. The molecule has 1 saturated heterocycles. The summed E-state index contributed by atoms with van der Waals surface area (Å²) in [6, 6.07) is 7.48. The maximum Gasteiger partial charge on any atom is 0.329 e. The van der Waals surface area contributed by atoms with Gasteiger partial charge in [0, 0.05) is 29.9 Å². The summed E-state index contributed by atoms with van der Waals surface area (Å²) < 4.78 is 5.35. The molecule has 2 aliphatic rings. The van der Waals surface area contributed by atoms with E-state index in [0.717, 1.165) is 23.7 Å². The van der Waals surface area contributed by atoms with Gasteiger partial charge in [0.25, 0.3) is 0 Å². The normalized spacial score (nSPS) is 16.6. The molecule has 1 aromatic carbocycles. The lowest BCUT2D eigenvalue weighted by Crippen LogP contribution is -2.37. The van der Waals surface area contributed by atoms with Crippen LogP contribution in [-0.2, 0) is 4.74 Å². The molecule has 1 aliphatic heterocycles. The van der Waals surface area contributed by atoms with Crippen molar-refractivity contribution in [2.75, 3.05) is 36.5 Å². The second kappa shape index (κ2) is 7.38. The van der Waals surface area contributed by atoms with Crippen LogP contribution in [0.25, 0.3) is 10.9 Å². The van der Waals surface area contributed by atoms with E-state index < -0.39 is 4.92 Å². The first-order valence-corrected chi connectivity index (χ1v) is 9.88. The average Bonchev–Trinajstić information content (AvgIpc) is 3.56. The number of carbonyl (C=O) groups is 1. The van der Waals surface area contributed by atoms with Crippen LogP contribution in [-0.4, -0.2) is 52.0 Å². The maximum atomic E-state index is 12.9. The zero-order chi connectivity index (χ0) is 20.7. The molecular weight excluding hydrogens is 388 g/mol. The zero-order valence-corrected chi connectivity index (χ0v) is 16.1. The van der Waals surface area contributed by atoms with E-state index in [4.69, 9.17) is 4.74 Å². The van der Waals surface area contributed by atoms with E-state index in [1.165, 1.54) is 6.20 Å². The molecule has 1 saturated carbocycles. The van der Waals surface area contributed by atoms with E-state index in [2.05, 4.69) is 20.3 Å². The fraction of sp³-hybridized carbons (Fsp3) is 0.350. The van der Waals surface area contributed by atoms with Crippen molar-refractivity contribution in [1.29, 1.82) is 0 Å². The third-order valence-corrected chi connectivity index (χ3v) is 5.39. The summed E-state index contributed by atoms with van der Waals surface area (Å²) >= 11 is 0. The lowest BCUT2D eigenvalue weighted by atomic mass is 10.1. The van der Waals surface area contributed by atoms with E-state index in [-0.39, 0.29) is 23.2 Å². The second-order valence-corrected chi connectivity index (χ2v) is 7.44. The summed E-state index contributed by atoms with van der Waals surface area (Å²) in [7, 11) is 0. The first kappa shape index (κ1) is 18.5. The molecule has 3 aromatic rings. The van der Waals surface area contributed by atoms with Gasteiger partial charge in [0.05, 0.1) is 23.8 Å². The van der Waals surface area contributed by atoms with Crippen LogP contribution in [0.2, 0.25) is 0 Å². The Hall–Kier alpha value is -3.53. The molecule has 0 bridgehead atoms. The number of nitrogens with one attached hydrogen (secondary N) is 2. The lowest BCUT2D eigenvalue weighted by molar-refractivity contribution is -0.384. The molecule has 10 nitrogen and oxygen atoms in total. The largest absolute Gasteiger partial charge is 0.378 e. The monoisotopic (exact) mass is 408 g/mol. The van der Waals surface area contributed by atoms with Crippen molar-refractivity contribution in [1.82, 2.24) is 15.0 Å². The highest BCUT2D eigenvalue weighted by molar-refractivity contribution is 6.11. The van der Waals surface area contributed by atoms with E-state index in [1.807, 2.05) is 29.2 Å². The van der Waals surface area contributed by atoms with Gasteiger partial charge in [-0.3, -0.25) is 14.9 Å². The SMILES string of the molecule is O=C(c1[nH]c2ccccc2c1Nc1nc(N2CCOCC2)ncc1[N+](=O)[O-])C1CC1. The third-order valence-electron chi connectivity index (χ3n) is 5.39. The Labute approximate surface area is 171 Å². The standard InChI is InChI=1S/C20H20N6O4/c27-18(12-5-6-12)17-16(13-3-1-2-4-14(13)22-17)23-19-15(26(28)29)11-21-20(24-19)25-7-9-30-10-8-25/h1-4,11-12,22H,5-10H2,(H,21,23,24). The number of morpholine rings is 1. The van der Waals surface area contributed by atoms with Crippen LogP contribution in [0, 0.1) is 16.0 Å². The molecule has 5 rings (SSSR count). The number of H-pyrrole nitrogens is 1. The molecular formula is C20H20N6O4. The van der Waals surface area contributed by atoms with Crippen LogP contribution in [0.4, 0.5) is 23.1 Å². The van der Waals surface area contributed by atoms with Crippen molar-refractivity contribution < 1.29 is 14.5 Å². The van der Waals surface area contributed by atoms with Gasteiger partial charge in [-0.25, -0.2) is 4.98 Å². The molecule has 2 N–H and O–H groups in total. The van der Waals surface area contributed by atoms with E-state index in [1.54, 1.807) is 0 Å². The van der Waals surface area contributed by atoms with Crippen molar-refractivity contribution in [3.63, 3.8) is 0 Å². The number of hydrogen-bond acceptors (Lipinski definition) is 8. The van der Waals surface area contributed by atoms with Crippen molar-refractivity contribution >= 4 is 39.8 Å². The van der Waals surface area contributed by atoms with Crippen LogP contribution >= 0.6 is 0 Å². The molecule has 0 spiro atoms.